The molecule has 1 heterocycles. The molecular formula is C13H14OS. The van der Waals surface area contributed by atoms with Gasteiger partial charge in [-0.05, 0) is 42.3 Å². The lowest BCUT2D eigenvalue weighted by Crippen LogP contribution is -2.13. The van der Waals surface area contributed by atoms with Crippen LogP contribution in [0.15, 0.2) is 35.7 Å². The Morgan fingerprint density at radius 2 is 2.07 bits per heavy atom. The van der Waals surface area contributed by atoms with Gasteiger partial charge in [-0.2, -0.15) is 0 Å². The third-order valence-corrected chi connectivity index (χ3v) is 3.08. The normalized spacial score (nSPS) is 12.7. The molecule has 0 aliphatic rings. The van der Waals surface area contributed by atoms with Crippen LogP contribution in [-0.2, 0) is 0 Å². The Hall–Kier alpha value is -1.12. The van der Waals surface area contributed by atoms with E-state index in [1.54, 1.807) is 25.2 Å². The van der Waals surface area contributed by atoms with Crippen LogP contribution in [0.5, 0.6) is 0 Å². The maximum atomic E-state index is 9.62. The number of aliphatic hydroxyl groups is 1. The van der Waals surface area contributed by atoms with Gasteiger partial charge in [0.25, 0.3) is 0 Å². The molecule has 1 aromatic carbocycles. The van der Waals surface area contributed by atoms with Gasteiger partial charge in [0, 0.05) is 4.70 Å². The van der Waals surface area contributed by atoms with E-state index < -0.39 is 5.60 Å². The third-order valence-electron chi connectivity index (χ3n) is 2.20. The number of rotatable bonds is 2. The molecule has 0 radical (unpaired) electrons. The molecule has 0 saturated heterocycles. The first-order valence-corrected chi connectivity index (χ1v) is 5.82. The highest BCUT2D eigenvalue weighted by Gasteiger charge is 2.06. The fourth-order valence-corrected chi connectivity index (χ4v) is 2.28. The second-order valence-corrected chi connectivity index (χ2v) is 5.11. The highest BCUT2D eigenvalue weighted by Crippen LogP contribution is 2.25. The van der Waals surface area contributed by atoms with E-state index in [0.29, 0.717) is 0 Å². The fourth-order valence-electron chi connectivity index (χ4n) is 1.46. The highest BCUT2D eigenvalue weighted by atomic mass is 32.1. The van der Waals surface area contributed by atoms with Gasteiger partial charge in [-0.25, -0.2) is 0 Å². The molecular weight excluding hydrogens is 204 g/mol. The quantitative estimate of drug-likeness (QED) is 0.815. The minimum absolute atomic E-state index is 0.752. The summed E-state index contributed by atoms with van der Waals surface area (Å²) in [4.78, 5) is 0. The molecule has 0 fully saturated rings. The molecule has 1 nitrogen and oxygen atoms in total. The first-order valence-electron chi connectivity index (χ1n) is 4.94. The summed E-state index contributed by atoms with van der Waals surface area (Å²) in [6, 6.07) is 8.34. The molecule has 1 aromatic heterocycles. The van der Waals surface area contributed by atoms with E-state index in [2.05, 4.69) is 23.6 Å². The van der Waals surface area contributed by atoms with Crippen molar-refractivity contribution in [2.75, 3.05) is 0 Å². The summed E-state index contributed by atoms with van der Waals surface area (Å²) < 4.78 is 1.29. The van der Waals surface area contributed by atoms with E-state index in [1.165, 1.54) is 10.1 Å². The molecule has 0 amide bonds. The average Bonchev–Trinajstić information content (AvgIpc) is 2.61. The van der Waals surface area contributed by atoms with Gasteiger partial charge in [0.2, 0.25) is 0 Å². The Kier molecular flexibility index (Phi) is 2.63. The molecule has 0 bridgehead atoms. The number of benzene rings is 1. The van der Waals surface area contributed by atoms with Gasteiger partial charge in [0.15, 0.2) is 0 Å². The lowest BCUT2D eigenvalue weighted by molar-refractivity contribution is 0.134. The van der Waals surface area contributed by atoms with Crippen molar-refractivity contribution in [3.63, 3.8) is 0 Å². The van der Waals surface area contributed by atoms with E-state index in [9.17, 15) is 5.11 Å². The predicted octanol–water partition coefficient (Wildman–Crippen LogP) is 3.69. The van der Waals surface area contributed by atoms with Crippen LogP contribution in [0.3, 0.4) is 0 Å². The molecule has 1 N–H and O–H groups in total. The lowest BCUT2D eigenvalue weighted by Gasteiger charge is -2.10. The van der Waals surface area contributed by atoms with Crippen LogP contribution < -0.4 is 0 Å². The van der Waals surface area contributed by atoms with Crippen molar-refractivity contribution in [1.29, 1.82) is 0 Å². The van der Waals surface area contributed by atoms with E-state index in [-0.39, 0.29) is 0 Å². The molecule has 2 aromatic rings. The van der Waals surface area contributed by atoms with Crippen molar-refractivity contribution < 1.29 is 5.11 Å². The average molecular weight is 218 g/mol. The smallest absolute Gasteiger partial charge is 0.0774 e. The van der Waals surface area contributed by atoms with Crippen LogP contribution in [0, 0.1) is 0 Å². The van der Waals surface area contributed by atoms with Gasteiger partial charge in [0.1, 0.15) is 0 Å². The summed E-state index contributed by atoms with van der Waals surface area (Å²) in [5, 5.41) is 13.0. The summed E-state index contributed by atoms with van der Waals surface area (Å²) >= 11 is 1.74. The van der Waals surface area contributed by atoms with E-state index in [1.807, 2.05) is 18.2 Å². The largest absolute Gasteiger partial charge is 0.386 e. The zero-order valence-electron chi connectivity index (χ0n) is 8.90. The Labute approximate surface area is 93.7 Å². The van der Waals surface area contributed by atoms with Crippen LogP contribution in [0.25, 0.3) is 16.2 Å². The first kappa shape index (κ1) is 10.4. The predicted molar refractivity (Wildman–Crippen MR) is 67.2 cm³/mol. The van der Waals surface area contributed by atoms with Crippen molar-refractivity contribution >= 4 is 27.5 Å². The number of hydrogen-bond donors (Lipinski definition) is 1. The highest BCUT2D eigenvalue weighted by molar-refractivity contribution is 7.17. The summed E-state index contributed by atoms with van der Waals surface area (Å²) in [6.45, 7) is 3.55. The van der Waals surface area contributed by atoms with Crippen molar-refractivity contribution in [2.45, 2.75) is 19.4 Å². The van der Waals surface area contributed by atoms with Gasteiger partial charge >= 0.3 is 0 Å². The van der Waals surface area contributed by atoms with Crippen LogP contribution in [0.1, 0.15) is 19.4 Å². The Balaban J connectivity index is 2.44. The second kappa shape index (κ2) is 3.80. The monoisotopic (exact) mass is 218 g/mol. The zero-order chi connectivity index (χ0) is 10.9. The van der Waals surface area contributed by atoms with Gasteiger partial charge in [-0.3, -0.25) is 0 Å². The summed E-state index contributed by atoms with van der Waals surface area (Å²) in [7, 11) is 0. The molecule has 2 heteroatoms. The van der Waals surface area contributed by atoms with Crippen molar-refractivity contribution in [3.8, 4) is 0 Å². The summed E-state index contributed by atoms with van der Waals surface area (Å²) in [5.41, 5.74) is 0.411. The van der Waals surface area contributed by atoms with Crippen LogP contribution >= 0.6 is 11.3 Å². The molecule has 0 unspecified atom stereocenters. The van der Waals surface area contributed by atoms with E-state index >= 15 is 0 Å². The van der Waals surface area contributed by atoms with Crippen LogP contribution in [0.2, 0.25) is 0 Å². The second-order valence-electron chi connectivity index (χ2n) is 4.17. The Morgan fingerprint density at radius 1 is 1.27 bits per heavy atom. The lowest BCUT2D eigenvalue weighted by atomic mass is 10.1. The molecule has 15 heavy (non-hydrogen) atoms. The number of fused-ring (bicyclic) bond motifs is 1. The van der Waals surface area contributed by atoms with Crippen molar-refractivity contribution in [2.24, 2.45) is 0 Å². The fraction of sp³-hybridized carbons (Fsp3) is 0.231. The van der Waals surface area contributed by atoms with Gasteiger partial charge < -0.3 is 5.11 Å². The maximum Gasteiger partial charge on any atom is 0.0774 e. The maximum absolute atomic E-state index is 9.62. The summed E-state index contributed by atoms with van der Waals surface area (Å²) in [6.07, 6.45) is 3.80. The topological polar surface area (TPSA) is 20.2 Å². The van der Waals surface area contributed by atoms with Crippen molar-refractivity contribution in [3.05, 3.63) is 41.3 Å². The molecule has 2 rings (SSSR count). The van der Waals surface area contributed by atoms with Gasteiger partial charge in [0.05, 0.1) is 5.60 Å². The number of hydrogen-bond acceptors (Lipinski definition) is 2. The molecule has 0 aliphatic heterocycles. The molecule has 0 aliphatic carbocycles. The van der Waals surface area contributed by atoms with E-state index in [4.69, 9.17) is 0 Å². The van der Waals surface area contributed by atoms with Crippen LogP contribution in [0.4, 0.5) is 0 Å². The minimum Gasteiger partial charge on any atom is -0.386 e. The first-order chi connectivity index (χ1) is 7.06. The zero-order valence-corrected chi connectivity index (χ0v) is 9.71. The van der Waals surface area contributed by atoms with Crippen LogP contribution in [-0.4, -0.2) is 10.7 Å². The Morgan fingerprint density at radius 3 is 2.80 bits per heavy atom. The third kappa shape index (κ3) is 2.46. The molecule has 0 atom stereocenters. The molecule has 0 saturated carbocycles. The molecule has 78 valence electrons. The van der Waals surface area contributed by atoms with Gasteiger partial charge in [-0.15, -0.1) is 11.3 Å². The SMILES string of the molecule is CC(C)(O)/C=C/c1cccc2sccc12. The van der Waals surface area contributed by atoms with E-state index in [0.717, 1.165) is 5.56 Å². The summed E-state index contributed by atoms with van der Waals surface area (Å²) in [5.74, 6) is 0. The minimum atomic E-state index is -0.752. The number of thiophene rings is 1. The molecule has 0 spiro atoms. The van der Waals surface area contributed by atoms with Gasteiger partial charge in [-0.1, -0.05) is 24.3 Å². The Bertz CT molecular complexity index is 488. The standard InChI is InChI=1S/C13H14OS/c1-13(2,14)8-6-10-4-3-5-12-11(10)7-9-15-12/h3-9,14H,1-2H3/b8-6+. The van der Waals surface area contributed by atoms with Crippen molar-refractivity contribution in [1.82, 2.24) is 0 Å².